The highest BCUT2D eigenvalue weighted by atomic mass is 127. The van der Waals surface area contributed by atoms with Crippen molar-refractivity contribution in [2.75, 3.05) is 51.7 Å². The topological polar surface area (TPSA) is 42.9 Å². The van der Waals surface area contributed by atoms with Crippen LogP contribution >= 0.6 is 24.0 Å². The lowest BCUT2D eigenvalue weighted by molar-refractivity contribution is 0.206. The van der Waals surface area contributed by atoms with Gasteiger partial charge in [0.15, 0.2) is 5.96 Å². The van der Waals surface area contributed by atoms with Gasteiger partial charge in [-0.2, -0.15) is 0 Å². The summed E-state index contributed by atoms with van der Waals surface area (Å²) >= 11 is 0. The van der Waals surface area contributed by atoms with Crippen molar-refractivity contribution in [2.24, 2.45) is 4.99 Å². The van der Waals surface area contributed by atoms with E-state index in [0.29, 0.717) is 6.04 Å². The van der Waals surface area contributed by atoms with E-state index in [-0.39, 0.29) is 24.0 Å². The lowest BCUT2D eigenvalue weighted by Gasteiger charge is -2.32. The highest BCUT2D eigenvalue weighted by Crippen LogP contribution is 2.11. The maximum atomic E-state index is 4.38. The van der Waals surface area contributed by atoms with E-state index >= 15 is 0 Å². The third-order valence-electron chi connectivity index (χ3n) is 4.85. The van der Waals surface area contributed by atoms with Crippen LogP contribution in [0.2, 0.25) is 0 Å². The monoisotopic (exact) mass is 473 g/mol. The standard InChI is InChI=1S/C20H35N5.HI/c1-4-14-25-16-11-18(12-17-25)23-20(21-2)22-13-8-15-24(3)19-9-6-5-7-10-19;/h5-7,9-10,18H,4,8,11-17H2,1-3H3,(H2,21,22,23);1H. The Kier molecular flexibility index (Phi) is 11.7. The molecule has 0 aliphatic carbocycles. The van der Waals surface area contributed by atoms with Crippen LogP contribution in [-0.2, 0) is 0 Å². The van der Waals surface area contributed by atoms with Crippen LogP contribution in [0.25, 0.3) is 0 Å². The molecule has 5 nitrogen and oxygen atoms in total. The van der Waals surface area contributed by atoms with Crippen LogP contribution in [0, 0.1) is 0 Å². The molecule has 1 fully saturated rings. The highest BCUT2D eigenvalue weighted by Gasteiger charge is 2.19. The number of benzene rings is 1. The number of halogens is 1. The van der Waals surface area contributed by atoms with Crippen LogP contribution in [0.5, 0.6) is 0 Å². The quantitative estimate of drug-likeness (QED) is 0.264. The zero-order chi connectivity index (χ0) is 17.9. The van der Waals surface area contributed by atoms with Gasteiger partial charge in [-0.05, 0) is 44.4 Å². The molecule has 2 N–H and O–H groups in total. The van der Waals surface area contributed by atoms with Gasteiger partial charge in [0.25, 0.3) is 0 Å². The molecular formula is C20H36IN5. The first-order valence-electron chi connectivity index (χ1n) is 9.68. The minimum Gasteiger partial charge on any atom is -0.375 e. The maximum Gasteiger partial charge on any atom is 0.191 e. The predicted octanol–water partition coefficient (Wildman–Crippen LogP) is 3.17. The summed E-state index contributed by atoms with van der Waals surface area (Å²) in [7, 11) is 4.00. The molecule has 0 aromatic heterocycles. The Morgan fingerprint density at radius 2 is 1.92 bits per heavy atom. The van der Waals surface area contributed by atoms with Gasteiger partial charge in [0, 0.05) is 52.0 Å². The first-order valence-corrected chi connectivity index (χ1v) is 9.68. The molecule has 148 valence electrons. The van der Waals surface area contributed by atoms with E-state index in [9.17, 15) is 0 Å². The van der Waals surface area contributed by atoms with E-state index in [1.807, 2.05) is 7.05 Å². The lowest BCUT2D eigenvalue weighted by Crippen LogP contribution is -2.49. The van der Waals surface area contributed by atoms with E-state index in [0.717, 1.165) is 25.5 Å². The Morgan fingerprint density at radius 1 is 1.23 bits per heavy atom. The van der Waals surface area contributed by atoms with Gasteiger partial charge in [0.05, 0.1) is 0 Å². The van der Waals surface area contributed by atoms with Gasteiger partial charge in [0.2, 0.25) is 0 Å². The SMILES string of the molecule is CCCN1CCC(NC(=NC)NCCCN(C)c2ccccc2)CC1.I. The lowest BCUT2D eigenvalue weighted by atomic mass is 10.1. The number of nitrogens with zero attached hydrogens (tertiary/aromatic N) is 3. The van der Waals surface area contributed by atoms with Crippen molar-refractivity contribution in [1.29, 1.82) is 0 Å². The second-order valence-electron chi connectivity index (χ2n) is 6.87. The van der Waals surface area contributed by atoms with E-state index in [2.05, 4.69) is 69.7 Å². The van der Waals surface area contributed by atoms with Crippen molar-refractivity contribution in [2.45, 2.75) is 38.6 Å². The number of hydrogen-bond acceptors (Lipinski definition) is 3. The summed E-state index contributed by atoms with van der Waals surface area (Å²) in [5, 5.41) is 7.05. The minimum atomic E-state index is 0. The van der Waals surface area contributed by atoms with E-state index in [1.54, 1.807) is 0 Å². The summed E-state index contributed by atoms with van der Waals surface area (Å²) in [6.45, 7) is 7.85. The molecule has 26 heavy (non-hydrogen) atoms. The van der Waals surface area contributed by atoms with Gasteiger partial charge in [-0.1, -0.05) is 25.1 Å². The molecule has 1 aromatic carbocycles. The Hall–Kier alpha value is -1.02. The number of likely N-dealkylation sites (tertiary alicyclic amines) is 1. The number of guanidine groups is 1. The van der Waals surface area contributed by atoms with Crippen molar-refractivity contribution in [3.63, 3.8) is 0 Å². The number of aliphatic imine (C=N–C) groups is 1. The maximum absolute atomic E-state index is 4.38. The largest absolute Gasteiger partial charge is 0.375 e. The summed E-state index contributed by atoms with van der Waals surface area (Å²) in [4.78, 5) is 9.24. The van der Waals surface area contributed by atoms with Crippen LogP contribution in [0.1, 0.15) is 32.6 Å². The Bertz CT molecular complexity index is 500. The third kappa shape index (κ3) is 8.12. The number of rotatable bonds is 8. The molecule has 1 saturated heterocycles. The molecule has 0 amide bonds. The average molecular weight is 473 g/mol. The van der Waals surface area contributed by atoms with Gasteiger partial charge >= 0.3 is 0 Å². The summed E-state index contributed by atoms with van der Waals surface area (Å²) in [6, 6.07) is 11.1. The molecule has 0 saturated carbocycles. The van der Waals surface area contributed by atoms with E-state index in [4.69, 9.17) is 0 Å². The fourth-order valence-corrected chi connectivity index (χ4v) is 3.34. The molecule has 1 aliphatic heterocycles. The summed E-state index contributed by atoms with van der Waals surface area (Å²) in [6.07, 6.45) is 4.74. The van der Waals surface area contributed by atoms with Gasteiger partial charge in [-0.3, -0.25) is 4.99 Å². The fraction of sp³-hybridized carbons (Fsp3) is 0.650. The normalized spacial score (nSPS) is 16.0. The van der Waals surface area contributed by atoms with Crippen LogP contribution in [-0.4, -0.2) is 63.7 Å². The predicted molar refractivity (Wildman–Crippen MR) is 124 cm³/mol. The molecule has 2 rings (SSSR count). The van der Waals surface area contributed by atoms with Crippen molar-refractivity contribution < 1.29 is 0 Å². The molecule has 0 spiro atoms. The number of hydrogen-bond donors (Lipinski definition) is 2. The van der Waals surface area contributed by atoms with Crippen molar-refractivity contribution in [3.05, 3.63) is 30.3 Å². The summed E-state index contributed by atoms with van der Waals surface area (Å²) < 4.78 is 0. The molecule has 1 heterocycles. The molecule has 0 bridgehead atoms. The van der Waals surface area contributed by atoms with Crippen molar-refractivity contribution in [3.8, 4) is 0 Å². The smallest absolute Gasteiger partial charge is 0.191 e. The van der Waals surface area contributed by atoms with Crippen LogP contribution in [0.3, 0.4) is 0 Å². The molecule has 0 unspecified atom stereocenters. The zero-order valence-electron chi connectivity index (χ0n) is 16.6. The first kappa shape index (κ1) is 23.0. The molecular weight excluding hydrogens is 437 g/mol. The van der Waals surface area contributed by atoms with Gasteiger partial charge < -0.3 is 20.4 Å². The second kappa shape index (κ2) is 13.2. The number of para-hydroxylation sites is 1. The average Bonchev–Trinajstić information content (AvgIpc) is 2.66. The minimum absolute atomic E-state index is 0. The van der Waals surface area contributed by atoms with E-state index < -0.39 is 0 Å². The number of nitrogens with one attached hydrogen (secondary N) is 2. The summed E-state index contributed by atoms with van der Waals surface area (Å²) in [5.41, 5.74) is 1.27. The Morgan fingerprint density at radius 3 is 2.54 bits per heavy atom. The molecule has 0 atom stereocenters. The third-order valence-corrected chi connectivity index (χ3v) is 4.85. The Balaban J connectivity index is 0.00000338. The number of anilines is 1. The summed E-state index contributed by atoms with van der Waals surface area (Å²) in [5.74, 6) is 0.941. The van der Waals surface area contributed by atoms with Crippen molar-refractivity contribution >= 4 is 35.6 Å². The second-order valence-corrected chi connectivity index (χ2v) is 6.87. The van der Waals surface area contributed by atoms with Crippen LogP contribution in [0.15, 0.2) is 35.3 Å². The van der Waals surface area contributed by atoms with Gasteiger partial charge in [-0.15, -0.1) is 24.0 Å². The van der Waals surface area contributed by atoms with Crippen molar-refractivity contribution in [1.82, 2.24) is 15.5 Å². The molecule has 0 radical (unpaired) electrons. The fourth-order valence-electron chi connectivity index (χ4n) is 3.34. The Labute approximate surface area is 176 Å². The van der Waals surface area contributed by atoms with Gasteiger partial charge in [-0.25, -0.2) is 0 Å². The van der Waals surface area contributed by atoms with Crippen LogP contribution < -0.4 is 15.5 Å². The van der Waals surface area contributed by atoms with Gasteiger partial charge in [0.1, 0.15) is 0 Å². The van der Waals surface area contributed by atoms with Crippen LogP contribution in [0.4, 0.5) is 5.69 Å². The molecule has 1 aromatic rings. The molecule has 1 aliphatic rings. The first-order chi connectivity index (χ1) is 12.2. The number of piperidine rings is 1. The molecule has 6 heteroatoms. The highest BCUT2D eigenvalue weighted by molar-refractivity contribution is 14.0. The van der Waals surface area contributed by atoms with E-state index in [1.165, 1.54) is 44.6 Å². The zero-order valence-corrected chi connectivity index (χ0v) is 18.9.